The van der Waals surface area contributed by atoms with Gasteiger partial charge in [0.05, 0.1) is 11.8 Å². The lowest BCUT2D eigenvalue weighted by molar-refractivity contribution is 0.0777. The van der Waals surface area contributed by atoms with Crippen LogP contribution in [0.4, 0.5) is 5.82 Å². The van der Waals surface area contributed by atoms with Crippen LogP contribution in [-0.2, 0) is 0 Å². The van der Waals surface area contributed by atoms with Crippen LogP contribution in [0.2, 0.25) is 0 Å². The molecule has 4 N–H and O–H groups in total. The summed E-state index contributed by atoms with van der Waals surface area (Å²) in [5.41, 5.74) is 15.1. The van der Waals surface area contributed by atoms with Crippen LogP contribution in [0.1, 0.15) is 29.4 Å². The minimum Gasteiger partial charge on any atom is -0.495 e. The zero-order chi connectivity index (χ0) is 21.9. The van der Waals surface area contributed by atoms with Gasteiger partial charge in [-0.25, -0.2) is 9.50 Å². The van der Waals surface area contributed by atoms with E-state index in [1.54, 1.807) is 27.9 Å². The molecule has 0 unspecified atom stereocenters. The first-order chi connectivity index (χ1) is 14.8. The zero-order valence-electron chi connectivity index (χ0n) is 17.7. The number of nitrogens with two attached hydrogens (primary N) is 2. The van der Waals surface area contributed by atoms with Crippen molar-refractivity contribution < 1.29 is 9.53 Å². The molecule has 8 nitrogen and oxygen atoms in total. The van der Waals surface area contributed by atoms with E-state index in [2.05, 4.69) is 22.2 Å². The molecule has 0 radical (unpaired) electrons. The molecule has 1 saturated heterocycles. The van der Waals surface area contributed by atoms with Gasteiger partial charge in [-0.15, -0.1) is 11.3 Å². The summed E-state index contributed by atoms with van der Waals surface area (Å²) in [6.07, 6.45) is 2.14. The molecule has 5 rings (SSSR count). The van der Waals surface area contributed by atoms with Crippen molar-refractivity contribution in [2.75, 3.05) is 25.9 Å². The fraction of sp³-hybridized carbons (Fsp3) is 0.318. The number of nitrogen functional groups attached to an aromatic ring is 1. The van der Waals surface area contributed by atoms with Gasteiger partial charge in [0.2, 0.25) is 0 Å². The minimum atomic E-state index is -0.376. The molecule has 1 amide bonds. The summed E-state index contributed by atoms with van der Waals surface area (Å²) in [5.74, 6) is 1.05. The summed E-state index contributed by atoms with van der Waals surface area (Å²) < 4.78 is 8.22. The SMILES string of the molecule is COc1cc(C)cc2cc(-c3cc(C(=O)N4CC[C@](C)(N)C4)n4ncnc(N)c34)sc12. The molecule has 4 aromatic rings. The molecule has 0 aliphatic carbocycles. The lowest BCUT2D eigenvalue weighted by atomic mass is 10.0. The number of rotatable bonds is 3. The van der Waals surface area contributed by atoms with Crippen molar-refractivity contribution >= 4 is 38.7 Å². The molecule has 0 saturated carbocycles. The molecular formula is C22H24N6O2S. The summed E-state index contributed by atoms with van der Waals surface area (Å²) in [4.78, 5) is 20.3. The average Bonchev–Trinajstić information content (AvgIpc) is 3.41. The quantitative estimate of drug-likeness (QED) is 0.510. The van der Waals surface area contributed by atoms with Crippen molar-refractivity contribution in [3.05, 3.63) is 41.9 Å². The first-order valence-electron chi connectivity index (χ1n) is 10.1. The number of carbonyl (C=O) groups is 1. The predicted molar refractivity (Wildman–Crippen MR) is 123 cm³/mol. The second kappa shape index (κ2) is 6.93. The van der Waals surface area contributed by atoms with Crippen molar-refractivity contribution in [2.45, 2.75) is 25.8 Å². The summed E-state index contributed by atoms with van der Waals surface area (Å²) in [5, 5.41) is 5.43. The normalized spacial score (nSPS) is 18.9. The third-order valence-corrected chi connectivity index (χ3v) is 7.00. The summed E-state index contributed by atoms with van der Waals surface area (Å²) >= 11 is 1.60. The van der Waals surface area contributed by atoms with E-state index in [-0.39, 0.29) is 11.4 Å². The Morgan fingerprint density at radius 1 is 1.29 bits per heavy atom. The van der Waals surface area contributed by atoms with Crippen LogP contribution in [0.15, 0.2) is 30.6 Å². The number of fused-ring (bicyclic) bond motifs is 2. The Bertz CT molecular complexity index is 1340. The van der Waals surface area contributed by atoms with Crippen molar-refractivity contribution in [2.24, 2.45) is 5.73 Å². The van der Waals surface area contributed by atoms with E-state index in [9.17, 15) is 4.79 Å². The van der Waals surface area contributed by atoms with E-state index in [1.165, 1.54) is 6.33 Å². The van der Waals surface area contributed by atoms with E-state index in [0.29, 0.717) is 30.1 Å². The number of hydrogen-bond acceptors (Lipinski definition) is 7. The highest BCUT2D eigenvalue weighted by Gasteiger charge is 2.34. The molecule has 0 bridgehead atoms. The smallest absolute Gasteiger partial charge is 0.272 e. The molecule has 3 aromatic heterocycles. The predicted octanol–water partition coefficient (Wildman–Crippen LogP) is 3.07. The van der Waals surface area contributed by atoms with Gasteiger partial charge < -0.3 is 21.1 Å². The second-order valence-electron chi connectivity index (χ2n) is 8.48. The van der Waals surface area contributed by atoms with Gasteiger partial charge in [0, 0.05) is 29.1 Å². The van der Waals surface area contributed by atoms with Crippen LogP contribution >= 0.6 is 11.3 Å². The molecule has 1 aliphatic heterocycles. The molecule has 160 valence electrons. The molecule has 9 heteroatoms. The van der Waals surface area contributed by atoms with E-state index < -0.39 is 0 Å². The highest BCUT2D eigenvalue weighted by atomic mass is 32.1. The Hall–Kier alpha value is -3.17. The van der Waals surface area contributed by atoms with Crippen molar-refractivity contribution in [3.8, 4) is 16.2 Å². The molecular weight excluding hydrogens is 412 g/mol. The number of ether oxygens (including phenoxy) is 1. The molecule has 1 atom stereocenters. The number of thiophene rings is 1. The van der Waals surface area contributed by atoms with Gasteiger partial charge in [-0.05, 0) is 49.4 Å². The maximum absolute atomic E-state index is 13.4. The highest BCUT2D eigenvalue weighted by molar-refractivity contribution is 7.22. The average molecular weight is 437 g/mol. The number of likely N-dealkylation sites (tertiary alicyclic amines) is 1. The number of methoxy groups -OCH3 is 1. The Balaban J connectivity index is 1.68. The number of aryl methyl sites for hydroxylation is 1. The molecule has 1 aromatic carbocycles. The van der Waals surface area contributed by atoms with E-state index >= 15 is 0 Å². The van der Waals surface area contributed by atoms with Gasteiger partial charge in [-0.1, -0.05) is 6.07 Å². The topological polar surface area (TPSA) is 112 Å². The Labute approximate surface area is 183 Å². The Morgan fingerprint density at radius 2 is 2.10 bits per heavy atom. The molecule has 1 fully saturated rings. The Kier molecular flexibility index (Phi) is 4.42. The summed E-state index contributed by atoms with van der Waals surface area (Å²) in [6, 6.07) is 8.09. The molecule has 1 aliphatic rings. The molecule has 31 heavy (non-hydrogen) atoms. The summed E-state index contributed by atoms with van der Waals surface area (Å²) in [6.45, 7) is 5.13. The zero-order valence-corrected chi connectivity index (χ0v) is 18.5. The van der Waals surface area contributed by atoms with Gasteiger partial charge >= 0.3 is 0 Å². The maximum atomic E-state index is 13.4. The monoisotopic (exact) mass is 436 g/mol. The van der Waals surface area contributed by atoms with Crippen LogP contribution in [-0.4, -0.2) is 51.1 Å². The van der Waals surface area contributed by atoms with Crippen LogP contribution in [0.5, 0.6) is 5.75 Å². The fourth-order valence-corrected chi connectivity index (χ4v) is 5.43. The lowest BCUT2D eigenvalue weighted by Gasteiger charge is -2.19. The summed E-state index contributed by atoms with van der Waals surface area (Å²) in [7, 11) is 1.67. The largest absolute Gasteiger partial charge is 0.495 e. The van der Waals surface area contributed by atoms with E-state index in [4.69, 9.17) is 16.2 Å². The van der Waals surface area contributed by atoms with Crippen LogP contribution < -0.4 is 16.2 Å². The number of anilines is 1. The second-order valence-corrected chi connectivity index (χ2v) is 9.53. The number of benzene rings is 1. The van der Waals surface area contributed by atoms with Crippen LogP contribution in [0.3, 0.4) is 0 Å². The van der Waals surface area contributed by atoms with Gasteiger partial charge in [0.25, 0.3) is 5.91 Å². The first-order valence-corrected chi connectivity index (χ1v) is 10.9. The highest BCUT2D eigenvalue weighted by Crippen LogP contribution is 2.42. The van der Waals surface area contributed by atoms with Crippen LogP contribution in [0, 0.1) is 6.92 Å². The number of amides is 1. The van der Waals surface area contributed by atoms with Crippen molar-refractivity contribution in [1.82, 2.24) is 19.5 Å². The van der Waals surface area contributed by atoms with Crippen LogP contribution in [0.25, 0.3) is 26.0 Å². The molecule has 0 spiro atoms. The van der Waals surface area contributed by atoms with Gasteiger partial charge in [0.1, 0.15) is 23.3 Å². The maximum Gasteiger partial charge on any atom is 0.272 e. The number of hydrogen-bond donors (Lipinski definition) is 2. The number of carbonyl (C=O) groups excluding carboxylic acids is 1. The number of nitrogens with zero attached hydrogens (tertiary/aromatic N) is 4. The van der Waals surface area contributed by atoms with Crippen molar-refractivity contribution in [3.63, 3.8) is 0 Å². The van der Waals surface area contributed by atoms with Crippen molar-refractivity contribution in [1.29, 1.82) is 0 Å². The Morgan fingerprint density at radius 3 is 2.81 bits per heavy atom. The van der Waals surface area contributed by atoms with Gasteiger partial charge in [-0.2, -0.15) is 5.10 Å². The first kappa shape index (κ1) is 19.8. The van der Waals surface area contributed by atoms with Gasteiger partial charge in [-0.3, -0.25) is 4.79 Å². The standard InChI is InChI=1S/C22H24N6O2S/c1-12-6-13-8-17(31-19(13)16(7-12)30-3)14-9-15(28-18(14)20(23)25-11-26-28)21(29)27-5-4-22(2,24)10-27/h6-9,11H,4-5,10,24H2,1-3H3,(H2,23,25,26)/t22-/m0/s1. The van der Waals surface area contributed by atoms with Gasteiger partial charge in [0.15, 0.2) is 5.82 Å². The molecule has 4 heterocycles. The third kappa shape index (κ3) is 3.21. The van der Waals surface area contributed by atoms with E-state index in [1.807, 2.05) is 26.0 Å². The third-order valence-electron chi connectivity index (χ3n) is 5.81. The fourth-order valence-electron chi connectivity index (χ4n) is 4.28. The number of aromatic nitrogens is 3. The lowest BCUT2D eigenvalue weighted by Crippen LogP contribution is -2.41. The minimum absolute atomic E-state index is 0.108. The van der Waals surface area contributed by atoms with E-state index in [0.717, 1.165) is 38.3 Å².